The van der Waals surface area contributed by atoms with E-state index in [0.29, 0.717) is 5.69 Å². The Labute approximate surface area is 123 Å². The van der Waals surface area contributed by atoms with Gasteiger partial charge in [0.1, 0.15) is 11.3 Å². The molecule has 0 aliphatic carbocycles. The van der Waals surface area contributed by atoms with Gasteiger partial charge in [0, 0.05) is 24.8 Å². The highest BCUT2D eigenvalue weighted by Gasteiger charge is 2.17. The van der Waals surface area contributed by atoms with Crippen LogP contribution in [-0.2, 0) is 0 Å². The number of benzene rings is 1. The maximum absolute atomic E-state index is 12.2. The van der Waals surface area contributed by atoms with Crippen LogP contribution in [0.5, 0.6) is 5.75 Å². The normalized spacial score (nSPS) is 15.2. The van der Waals surface area contributed by atoms with Crippen LogP contribution >= 0.6 is 0 Å². The molecule has 0 atom stereocenters. The summed E-state index contributed by atoms with van der Waals surface area (Å²) in [6.45, 7) is 1.52. The number of carbonyl (C=O) groups excluding carboxylic acids is 1. The molecule has 2 rings (SSSR count). The van der Waals surface area contributed by atoms with E-state index in [1.54, 1.807) is 11.0 Å². The second-order valence-corrected chi connectivity index (χ2v) is 5.05. The van der Waals surface area contributed by atoms with E-state index in [-0.39, 0.29) is 17.3 Å². The number of amides is 2. The van der Waals surface area contributed by atoms with E-state index in [1.807, 2.05) is 0 Å². The van der Waals surface area contributed by atoms with Gasteiger partial charge in [0.25, 0.3) is 0 Å². The minimum Gasteiger partial charge on any atom is -0.496 e. The number of carboxylic acids is 1. The predicted molar refractivity (Wildman–Crippen MR) is 79.0 cm³/mol. The topological polar surface area (TPSA) is 78.9 Å². The van der Waals surface area contributed by atoms with Gasteiger partial charge in [0.05, 0.1) is 7.11 Å². The maximum atomic E-state index is 12.2. The Hall–Kier alpha value is -2.24. The lowest BCUT2D eigenvalue weighted by atomic mass is 10.2. The number of nitrogens with one attached hydrogen (secondary N) is 1. The SMILES string of the molecule is COc1cc(NC(=O)N2CCCCCC2)ccc1C(=O)O. The minimum atomic E-state index is -1.06. The Morgan fingerprint density at radius 3 is 2.43 bits per heavy atom. The molecule has 0 saturated carbocycles. The Morgan fingerprint density at radius 2 is 1.86 bits per heavy atom. The molecule has 6 heteroatoms. The van der Waals surface area contributed by atoms with Gasteiger partial charge in [0.15, 0.2) is 0 Å². The van der Waals surface area contributed by atoms with Crippen LogP contribution < -0.4 is 10.1 Å². The van der Waals surface area contributed by atoms with Crippen LogP contribution in [-0.4, -0.2) is 42.2 Å². The van der Waals surface area contributed by atoms with Crippen molar-refractivity contribution in [3.8, 4) is 5.75 Å². The fourth-order valence-electron chi connectivity index (χ4n) is 2.42. The van der Waals surface area contributed by atoms with Crippen LogP contribution in [0.1, 0.15) is 36.0 Å². The third kappa shape index (κ3) is 3.87. The van der Waals surface area contributed by atoms with Crippen LogP contribution in [0.25, 0.3) is 0 Å². The fraction of sp³-hybridized carbons (Fsp3) is 0.467. The first-order chi connectivity index (χ1) is 10.1. The summed E-state index contributed by atoms with van der Waals surface area (Å²) < 4.78 is 5.05. The number of likely N-dealkylation sites (tertiary alicyclic amines) is 1. The number of nitrogens with zero attached hydrogens (tertiary/aromatic N) is 1. The zero-order valence-corrected chi connectivity index (χ0v) is 12.1. The lowest BCUT2D eigenvalue weighted by Gasteiger charge is -2.21. The summed E-state index contributed by atoms with van der Waals surface area (Å²) in [5.41, 5.74) is 0.608. The molecule has 1 aromatic rings. The van der Waals surface area contributed by atoms with Gasteiger partial charge < -0.3 is 20.1 Å². The molecule has 1 aliphatic rings. The van der Waals surface area contributed by atoms with E-state index in [9.17, 15) is 9.59 Å². The number of aromatic carboxylic acids is 1. The van der Waals surface area contributed by atoms with Gasteiger partial charge in [-0.15, -0.1) is 0 Å². The number of anilines is 1. The van der Waals surface area contributed by atoms with Gasteiger partial charge in [-0.3, -0.25) is 0 Å². The van der Waals surface area contributed by atoms with E-state index in [2.05, 4.69) is 5.32 Å². The average Bonchev–Trinajstić information content (AvgIpc) is 2.75. The summed E-state index contributed by atoms with van der Waals surface area (Å²) in [5, 5.41) is 11.8. The smallest absolute Gasteiger partial charge is 0.339 e. The number of ether oxygens (including phenoxy) is 1. The summed E-state index contributed by atoms with van der Waals surface area (Å²) >= 11 is 0. The highest BCUT2D eigenvalue weighted by molar-refractivity contribution is 5.94. The van der Waals surface area contributed by atoms with Gasteiger partial charge in [0.2, 0.25) is 0 Å². The summed E-state index contributed by atoms with van der Waals surface area (Å²) in [5.74, 6) is -0.826. The molecule has 1 saturated heterocycles. The van der Waals surface area contributed by atoms with Crippen LogP contribution in [0.3, 0.4) is 0 Å². The molecule has 0 bridgehead atoms. The molecule has 2 N–H and O–H groups in total. The first kappa shape index (κ1) is 15.2. The molecule has 1 aliphatic heterocycles. The van der Waals surface area contributed by atoms with Crippen LogP contribution in [0.15, 0.2) is 18.2 Å². The van der Waals surface area contributed by atoms with Crippen molar-refractivity contribution in [3.63, 3.8) is 0 Å². The molecule has 1 heterocycles. The number of rotatable bonds is 3. The first-order valence-corrected chi connectivity index (χ1v) is 7.09. The third-order valence-electron chi connectivity index (χ3n) is 3.58. The quantitative estimate of drug-likeness (QED) is 0.898. The molecular formula is C15H20N2O4. The van der Waals surface area contributed by atoms with Crippen molar-refractivity contribution in [2.75, 3.05) is 25.5 Å². The summed E-state index contributed by atoms with van der Waals surface area (Å²) in [7, 11) is 1.40. The number of carbonyl (C=O) groups is 2. The van der Waals surface area contributed by atoms with Crippen molar-refractivity contribution in [1.82, 2.24) is 4.90 Å². The highest BCUT2D eigenvalue weighted by Crippen LogP contribution is 2.23. The highest BCUT2D eigenvalue weighted by atomic mass is 16.5. The van der Waals surface area contributed by atoms with Crippen molar-refractivity contribution >= 4 is 17.7 Å². The van der Waals surface area contributed by atoms with Crippen molar-refractivity contribution in [3.05, 3.63) is 23.8 Å². The summed E-state index contributed by atoms with van der Waals surface area (Å²) in [6, 6.07) is 4.38. The molecule has 114 valence electrons. The van der Waals surface area contributed by atoms with Gasteiger partial charge >= 0.3 is 12.0 Å². The largest absolute Gasteiger partial charge is 0.496 e. The van der Waals surface area contributed by atoms with E-state index in [0.717, 1.165) is 38.8 Å². The standard InChI is InChI=1S/C15H20N2O4/c1-21-13-10-11(6-7-12(13)14(18)19)16-15(20)17-8-4-2-3-5-9-17/h6-7,10H,2-5,8-9H2,1H3,(H,16,20)(H,18,19). The molecule has 0 unspecified atom stereocenters. The number of hydrogen-bond acceptors (Lipinski definition) is 3. The number of methoxy groups -OCH3 is 1. The van der Waals surface area contributed by atoms with Gasteiger partial charge in [-0.1, -0.05) is 12.8 Å². The number of hydrogen-bond donors (Lipinski definition) is 2. The third-order valence-corrected chi connectivity index (χ3v) is 3.58. The Morgan fingerprint density at radius 1 is 1.19 bits per heavy atom. The first-order valence-electron chi connectivity index (χ1n) is 7.09. The Bertz CT molecular complexity index is 522. The average molecular weight is 292 g/mol. The number of carboxylic acid groups (broad SMARTS) is 1. The lowest BCUT2D eigenvalue weighted by Crippen LogP contribution is -2.35. The lowest BCUT2D eigenvalue weighted by molar-refractivity contribution is 0.0693. The predicted octanol–water partition coefficient (Wildman–Crippen LogP) is 2.80. The van der Waals surface area contributed by atoms with Crippen molar-refractivity contribution in [1.29, 1.82) is 0 Å². The molecule has 6 nitrogen and oxygen atoms in total. The fourth-order valence-corrected chi connectivity index (χ4v) is 2.42. The van der Waals surface area contributed by atoms with Crippen LogP contribution in [0, 0.1) is 0 Å². The molecule has 1 aromatic carbocycles. The zero-order chi connectivity index (χ0) is 15.2. The van der Waals surface area contributed by atoms with Crippen molar-refractivity contribution in [2.24, 2.45) is 0 Å². The molecule has 0 aromatic heterocycles. The summed E-state index contributed by atoms with van der Waals surface area (Å²) in [4.78, 5) is 25.0. The molecule has 0 spiro atoms. The molecule has 21 heavy (non-hydrogen) atoms. The van der Waals surface area contributed by atoms with Crippen molar-refractivity contribution in [2.45, 2.75) is 25.7 Å². The van der Waals surface area contributed by atoms with Crippen molar-refractivity contribution < 1.29 is 19.4 Å². The monoisotopic (exact) mass is 292 g/mol. The van der Waals surface area contributed by atoms with Crippen LogP contribution in [0.2, 0.25) is 0 Å². The van der Waals surface area contributed by atoms with Crippen LogP contribution in [0.4, 0.5) is 10.5 Å². The van der Waals surface area contributed by atoms with E-state index >= 15 is 0 Å². The van der Waals surface area contributed by atoms with E-state index in [4.69, 9.17) is 9.84 Å². The van der Waals surface area contributed by atoms with Gasteiger partial charge in [-0.2, -0.15) is 0 Å². The zero-order valence-electron chi connectivity index (χ0n) is 12.1. The number of urea groups is 1. The van der Waals surface area contributed by atoms with E-state index < -0.39 is 5.97 Å². The maximum Gasteiger partial charge on any atom is 0.339 e. The molecule has 1 fully saturated rings. The second-order valence-electron chi connectivity index (χ2n) is 5.05. The Balaban J connectivity index is 2.08. The van der Waals surface area contributed by atoms with E-state index in [1.165, 1.54) is 19.2 Å². The molecular weight excluding hydrogens is 272 g/mol. The molecule has 0 radical (unpaired) electrons. The summed E-state index contributed by atoms with van der Waals surface area (Å²) in [6.07, 6.45) is 4.36. The molecule has 2 amide bonds. The second kappa shape index (κ2) is 6.97. The van der Waals surface area contributed by atoms with Gasteiger partial charge in [-0.25, -0.2) is 9.59 Å². The minimum absolute atomic E-state index is 0.0743. The Kier molecular flexibility index (Phi) is 5.03. The van der Waals surface area contributed by atoms with Gasteiger partial charge in [-0.05, 0) is 25.0 Å².